The topological polar surface area (TPSA) is 54.5 Å². The van der Waals surface area contributed by atoms with E-state index >= 15 is 0 Å². The molecule has 0 spiro atoms. The molecular formula is C8H5Cl3N4S. The van der Waals surface area contributed by atoms with Crippen LogP contribution in [0.5, 0.6) is 0 Å². The average Bonchev–Trinajstić information content (AvgIpc) is 2.60. The SMILES string of the molecule is Cc1nc(Sc2nc(Cl)c(Cl)cc2Cl)n[nH]1. The standard InChI is InChI=1S/C8H5Cl3N4S/c1-3-12-8(15-14-3)16-7-5(10)2-4(9)6(11)13-7/h2H,1H3,(H,12,14,15). The second-order valence-electron chi connectivity index (χ2n) is 2.85. The second kappa shape index (κ2) is 4.79. The number of aromatic nitrogens is 4. The van der Waals surface area contributed by atoms with Gasteiger partial charge in [-0.2, -0.15) is 0 Å². The molecule has 1 N–H and O–H groups in total. The van der Waals surface area contributed by atoms with E-state index in [9.17, 15) is 0 Å². The van der Waals surface area contributed by atoms with Crippen molar-refractivity contribution in [1.29, 1.82) is 0 Å². The molecule has 0 bridgehead atoms. The number of pyridine rings is 1. The number of hydrogen-bond donors (Lipinski definition) is 1. The second-order valence-corrected chi connectivity index (χ2v) is 4.98. The highest BCUT2D eigenvalue weighted by molar-refractivity contribution is 7.99. The van der Waals surface area contributed by atoms with Crippen LogP contribution in [0.3, 0.4) is 0 Å². The maximum atomic E-state index is 5.97. The summed E-state index contributed by atoms with van der Waals surface area (Å²) >= 11 is 18.7. The Morgan fingerprint density at radius 2 is 1.94 bits per heavy atom. The molecular weight excluding hydrogens is 291 g/mol. The van der Waals surface area contributed by atoms with E-state index in [4.69, 9.17) is 34.8 Å². The molecule has 16 heavy (non-hydrogen) atoms. The predicted octanol–water partition coefficient (Wildman–Crippen LogP) is 3.62. The number of aromatic amines is 1. The molecule has 0 radical (unpaired) electrons. The largest absolute Gasteiger partial charge is 0.262 e. The van der Waals surface area contributed by atoms with Crippen LogP contribution in [0.25, 0.3) is 0 Å². The molecule has 0 saturated carbocycles. The van der Waals surface area contributed by atoms with Gasteiger partial charge in [0.05, 0.1) is 10.0 Å². The lowest BCUT2D eigenvalue weighted by Gasteiger charge is -2.01. The summed E-state index contributed by atoms with van der Waals surface area (Å²) in [5.74, 6) is 0.721. The number of H-pyrrole nitrogens is 1. The van der Waals surface area contributed by atoms with Crippen molar-refractivity contribution in [3.8, 4) is 0 Å². The monoisotopic (exact) mass is 294 g/mol. The molecule has 0 aromatic carbocycles. The third-order valence-corrected chi connectivity index (χ3v) is 3.56. The fourth-order valence-corrected chi connectivity index (χ4v) is 2.36. The highest BCUT2D eigenvalue weighted by atomic mass is 35.5. The lowest BCUT2D eigenvalue weighted by Crippen LogP contribution is -1.85. The van der Waals surface area contributed by atoms with Crippen LogP contribution >= 0.6 is 46.6 Å². The van der Waals surface area contributed by atoms with Gasteiger partial charge < -0.3 is 0 Å². The summed E-state index contributed by atoms with van der Waals surface area (Å²) in [6, 6.07) is 1.54. The minimum Gasteiger partial charge on any atom is -0.262 e. The van der Waals surface area contributed by atoms with E-state index in [0.29, 0.717) is 20.2 Å². The zero-order valence-electron chi connectivity index (χ0n) is 7.96. The minimum atomic E-state index is 0.209. The fourth-order valence-electron chi connectivity index (χ4n) is 0.954. The number of nitrogens with zero attached hydrogens (tertiary/aromatic N) is 3. The van der Waals surface area contributed by atoms with E-state index in [1.54, 1.807) is 13.0 Å². The average molecular weight is 296 g/mol. The third kappa shape index (κ3) is 2.60. The van der Waals surface area contributed by atoms with Crippen LogP contribution in [-0.4, -0.2) is 20.2 Å². The lowest BCUT2D eigenvalue weighted by molar-refractivity contribution is 0.964. The van der Waals surface area contributed by atoms with Crippen molar-refractivity contribution in [2.24, 2.45) is 0 Å². The van der Waals surface area contributed by atoms with Gasteiger partial charge in [0.25, 0.3) is 0 Å². The Kier molecular flexibility index (Phi) is 3.59. The zero-order valence-corrected chi connectivity index (χ0v) is 11.0. The highest BCUT2D eigenvalue weighted by Gasteiger charge is 2.11. The number of rotatable bonds is 2. The number of nitrogens with one attached hydrogen (secondary N) is 1. The van der Waals surface area contributed by atoms with Crippen LogP contribution in [-0.2, 0) is 0 Å². The first-order chi connectivity index (χ1) is 7.56. The Labute approximate surface area is 111 Å². The number of hydrogen-bond acceptors (Lipinski definition) is 4. The zero-order chi connectivity index (χ0) is 11.7. The Bertz CT molecular complexity index is 528. The maximum Gasteiger partial charge on any atom is 0.214 e. The van der Waals surface area contributed by atoms with Gasteiger partial charge in [-0.15, -0.1) is 5.10 Å². The van der Waals surface area contributed by atoms with Gasteiger partial charge in [0.1, 0.15) is 16.0 Å². The molecule has 2 aromatic heterocycles. The summed E-state index contributed by atoms with van der Waals surface area (Å²) in [5, 5.41) is 8.68. The fraction of sp³-hybridized carbons (Fsp3) is 0.125. The molecule has 0 unspecified atom stereocenters. The summed E-state index contributed by atoms with van der Waals surface area (Å²) in [6.45, 7) is 1.81. The van der Waals surface area contributed by atoms with Gasteiger partial charge in [0.2, 0.25) is 5.16 Å². The van der Waals surface area contributed by atoms with Gasteiger partial charge in [-0.25, -0.2) is 9.97 Å². The molecule has 0 aliphatic rings. The summed E-state index contributed by atoms with van der Waals surface area (Å²) < 4.78 is 0. The van der Waals surface area contributed by atoms with Crippen LogP contribution < -0.4 is 0 Å². The molecule has 2 rings (SSSR count). The summed E-state index contributed by atoms with van der Waals surface area (Å²) in [4.78, 5) is 8.17. The van der Waals surface area contributed by atoms with E-state index in [1.807, 2.05) is 0 Å². The molecule has 0 amide bonds. The van der Waals surface area contributed by atoms with Crippen molar-refractivity contribution in [2.45, 2.75) is 17.1 Å². The van der Waals surface area contributed by atoms with Crippen LogP contribution in [0, 0.1) is 6.92 Å². The van der Waals surface area contributed by atoms with E-state index in [1.165, 1.54) is 11.8 Å². The quantitative estimate of drug-likeness (QED) is 0.860. The molecule has 0 saturated heterocycles. The van der Waals surface area contributed by atoms with Gasteiger partial charge in [0.15, 0.2) is 0 Å². The van der Waals surface area contributed by atoms with Crippen molar-refractivity contribution in [1.82, 2.24) is 20.2 Å². The Balaban J connectivity index is 2.31. The number of halogens is 3. The van der Waals surface area contributed by atoms with Crippen molar-refractivity contribution in [2.75, 3.05) is 0 Å². The molecule has 4 nitrogen and oxygen atoms in total. The maximum absolute atomic E-state index is 5.97. The van der Waals surface area contributed by atoms with Gasteiger partial charge in [0, 0.05) is 0 Å². The van der Waals surface area contributed by atoms with Crippen LogP contribution in [0.1, 0.15) is 5.82 Å². The normalized spacial score (nSPS) is 10.8. The lowest BCUT2D eigenvalue weighted by atomic mass is 10.5. The molecule has 84 valence electrons. The van der Waals surface area contributed by atoms with Gasteiger partial charge in [-0.1, -0.05) is 34.8 Å². The molecule has 2 aromatic rings. The Morgan fingerprint density at radius 3 is 2.56 bits per heavy atom. The highest BCUT2D eigenvalue weighted by Crippen LogP contribution is 2.34. The molecule has 0 aliphatic carbocycles. The van der Waals surface area contributed by atoms with E-state index in [-0.39, 0.29) is 5.15 Å². The molecule has 8 heteroatoms. The smallest absolute Gasteiger partial charge is 0.214 e. The first kappa shape index (κ1) is 12.0. The van der Waals surface area contributed by atoms with Crippen LogP contribution in [0.4, 0.5) is 0 Å². The summed E-state index contributed by atoms with van der Waals surface area (Å²) in [6.07, 6.45) is 0. The van der Waals surface area contributed by atoms with Crippen molar-refractivity contribution < 1.29 is 0 Å². The van der Waals surface area contributed by atoms with E-state index in [0.717, 1.165) is 5.82 Å². The van der Waals surface area contributed by atoms with Crippen molar-refractivity contribution in [3.63, 3.8) is 0 Å². The molecule has 0 aliphatic heterocycles. The van der Waals surface area contributed by atoms with Gasteiger partial charge in [-0.3, -0.25) is 5.10 Å². The molecule has 0 atom stereocenters. The molecule has 0 fully saturated rings. The molecule has 2 heterocycles. The first-order valence-electron chi connectivity index (χ1n) is 4.14. The van der Waals surface area contributed by atoms with Crippen LogP contribution in [0.15, 0.2) is 16.2 Å². The first-order valence-corrected chi connectivity index (χ1v) is 6.09. The van der Waals surface area contributed by atoms with Crippen molar-refractivity contribution >= 4 is 46.6 Å². The van der Waals surface area contributed by atoms with Crippen LogP contribution in [0.2, 0.25) is 15.2 Å². The number of aryl methyl sites for hydroxylation is 1. The summed E-state index contributed by atoms with van der Waals surface area (Å²) in [5.41, 5.74) is 0. The van der Waals surface area contributed by atoms with E-state index < -0.39 is 0 Å². The van der Waals surface area contributed by atoms with E-state index in [2.05, 4.69) is 20.2 Å². The summed E-state index contributed by atoms with van der Waals surface area (Å²) in [7, 11) is 0. The predicted molar refractivity (Wildman–Crippen MR) is 64.5 cm³/mol. The van der Waals surface area contributed by atoms with Crippen molar-refractivity contribution in [3.05, 3.63) is 27.1 Å². The minimum absolute atomic E-state index is 0.209. The van der Waals surface area contributed by atoms with Gasteiger partial charge in [-0.05, 0) is 24.8 Å². The Hall–Kier alpha value is -0.490. The van der Waals surface area contributed by atoms with Gasteiger partial charge >= 0.3 is 0 Å². The Morgan fingerprint density at radius 1 is 1.19 bits per heavy atom. The third-order valence-electron chi connectivity index (χ3n) is 1.62.